The van der Waals surface area contributed by atoms with Crippen molar-refractivity contribution in [2.24, 2.45) is 10.7 Å². The van der Waals surface area contributed by atoms with Gasteiger partial charge in [-0.15, -0.1) is 0 Å². The second-order valence-electron chi connectivity index (χ2n) is 6.87. The number of amides is 1. The molecule has 0 fully saturated rings. The van der Waals surface area contributed by atoms with Gasteiger partial charge in [-0.25, -0.2) is 0 Å². The fourth-order valence-electron chi connectivity index (χ4n) is 2.84. The Hall–Kier alpha value is -2.73. The van der Waals surface area contributed by atoms with E-state index in [9.17, 15) is 4.79 Å². The first-order valence-corrected chi connectivity index (χ1v) is 10.6. The standard InChI is InChI=1S/C23H26N2O3S/c1-3-16(2)18-8-10-19(11-9-18)27-12-5-13-28-20-7-4-6-17(14-20)15-21-22(26)25-23(24)29-21/h4,6-11,14-16H,3,5,12-13H2,1-2H3,(H2,24,25,26)/b21-15-/t16-/m1/s1. The number of carbonyl (C=O) groups is 1. The molecule has 0 aliphatic carbocycles. The second kappa shape index (κ2) is 10.2. The van der Waals surface area contributed by atoms with Crippen molar-refractivity contribution in [2.75, 3.05) is 13.2 Å². The molecule has 1 heterocycles. The van der Waals surface area contributed by atoms with E-state index in [4.69, 9.17) is 15.2 Å². The van der Waals surface area contributed by atoms with E-state index in [0.717, 1.165) is 29.9 Å². The van der Waals surface area contributed by atoms with E-state index in [1.807, 2.05) is 36.4 Å². The van der Waals surface area contributed by atoms with Crippen LogP contribution in [0.25, 0.3) is 6.08 Å². The van der Waals surface area contributed by atoms with E-state index in [-0.39, 0.29) is 11.1 Å². The molecule has 2 aromatic rings. The monoisotopic (exact) mass is 410 g/mol. The first-order chi connectivity index (χ1) is 14.0. The summed E-state index contributed by atoms with van der Waals surface area (Å²) in [6.45, 7) is 5.56. The third-order valence-electron chi connectivity index (χ3n) is 4.68. The van der Waals surface area contributed by atoms with Crippen LogP contribution in [0.3, 0.4) is 0 Å². The zero-order valence-corrected chi connectivity index (χ0v) is 17.6. The van der Waals surface area contributed by atoms with Gasteiger partial charge in [0.05, 0.1) is 18.1 Å². The molecule has 0 bridgehead atoms. The zero-order valence-electron chi connectivity index (χ0n) is 16.8. The quantitative estimate of drug-likeness (QED) is 0.466. The minimum atomic E-state index is -0.298. The van der Waals surface area contributed by atoms with Gasteiger partial charge in [-0.05, 0) is 65.6 Å². The molecular weight excluding hydrogens is 384 g/mol. The molecule has 2 N–H and O–H groups in total. The highest BCUT2D eigenvalue weighted by Crippen LogP contribution is 2.27. The fourth-order valence-corrected chi connectivity index (χ4v) is 3.52. The van der Waals surface area contributed by atoms with Crippen molar-refractivity contribution in [3.63, 3.8) is 0 Å². The lowest BCUT2D eigenvalue weighted by atomic mass is 9.99. The Balaban J connectivity index is 1.43. The maximum Gasteiger partial charge on any atom is 0.286 e. The van der Waals surface area contributed by atoms with Gasteiger partial charge in [0.15, 0.2) is 5.17 Å². The summed E-state index contributed by atoms with van der Waals surface area (Å²) in [5, 5.41) is 0.281. The number of aliphatic imine (C=N–C) groups is 1. The molecule has 1 atom stereocenters. The first-order valence-electron chi connectivity index (χ1n) is 9.79. The van der Waals surface area contributed by atoms with Gasteiger partial charge in [0.25, 0.3) is 5.91 Å². The minimum Gasteiger partial charge on any atom is -0.493 e. The molecule has 0 aromatic heterocycles. The van der Waals surface area contributed by atoms with Crippen LogP contribution < -0.4 is 15.2 Å². The minimum absolute atomic E-state index is 0.281. The molecule has 0 unspecified atom stereocenters. The van der Waals surface area contributed by atoms with E-state index in [2.05, 4.69) is 31.0 Å². The van der Waals surface area contributed by atoms with Crippen LogP contribution in [-0.4, -0.2) is 24.3 Å². The van der Waals surface area contributed by atoms with Crippen LogP contribution >= 0.6 is 11.8 Å². The van der Waals surface area contributed by atoms with Crippen molar-refractivity contribution in [1.29, 1.82) is 0 Å². The third-order valence-corrected chi connectivity index (χ3v) is 5.49. The van der Waals surface area contributed by atoms with E-state index < -0.39 is 0 Å². The number of ether oxygens (including phenoxy) is 2. The molecule has 2 aromatic carbocycles. The number of nitrogens with zero attached hydrogens (tertiary/aromatic N) is 1. The van der Waals surface area contributed by atoms with Gasteiger partial charge in [0.2, 0.25) is 0 Å². The van der Waals surface area contributed by atoms with E-state index >= 15 is 0 Å². The Morgan fingerprint density at radius 3 is 2.48 bits per heavy atom. The molecule has 1 aliphatic rings. The molecule has 0 radical (unpaired) electrons. The lowest BCUT2D eigenvalue weighted by Crippen LogP contribution is -2.05. The van der Waals surface area contributed by atoms with Gasteiger partial charge in [-0.2, -0.15) is 4.99 Å². The summed E-state index contributed by atoms with van der Waals surface area (Å²) in [5.74, 6) is 1.90. The number of hydrogen-bond donors (Lipinski definition) is 1. The van der Waals surface area contributed by atoms with Gasteiger partial charge >= 0.3 is 0 Å². The predicted octanol–water partition coefficient (Wildman–Crippen LogP) is 4.98. The van der Waals surface area contributed by atoms with Crippen molar-refractivity contribution < 1.29 is 14.3 Å². The maximum absolute atomic E-state index is 11.7. The summed E-state index contributed by atoms with van der Waals surface area (Å²) >= 11 is 1.18. The Kier molecular flexibility index (Phi) is 7.36. The Morgan fingerprint density at radius 1 is 1.10 bits per heavy atom. The average Bonchev–Trinajstić information content (AvgIpc) is 3.04. The molecule has 152 valence electrons. The van der Waals surface area contributed by atoms with Crippen LogP contribution in [0.2, 0.25) is 0 Å². The summed E-state index contributed by atoms with van der Waals surface area (Å²) in [6, 6.07) is 15.9. The summed E-state index contributed by atoms with van der Waals surface area (Å²) in [5.41, 5.74) is 7.79. The van der Waals surface area contributed by atoms with Crippen LogP contribution in [-0.2, 0) is 4.79 Å². The molecule has 5 nitrogen and oxygen atoms in total. The van der Waals surface area contributed by atoms with Crippen molar-refractivity contribution in [1.82, 2.24) is 0 Å². The fraction of sp³-hybridized carbons (Fsp3) is 0.304. The van der Waals surface area contributed by atoms with Crippen molar-refractivity contribution in [3.8, 4) is 11.5 Å². The molecule has 1 amide bonds. The summed E-state index contributed by atoms with van der Waals surface area (Å²) < 4.78 is 11.6. The largest absolute Gasteiger partial charge is 0.493 e. The molecular formula is C23H26N2O3S. The average molecular weight is 411 g/mol. The molecule has 29 heavy (non-hydrogen) atoms. The van der Waals surface area contributed by atoms with Crippen molar-refractivity contribution in [3.05, 3.63) is 64.6 Å². The highest BCUT2D eigenvalue weighted by atomic mass is 32.2. The van der Waals surface area contributed by atoms with Gasteiger partial charge < -0.3 is 15.2 Å². The SMILES string of the molecule is CC[C@@H](C)c1ccc(OCCCOc2cccc(/C=C3\SC(N)=NC3=O)c2)cc1. The van der Waals surface area contributed by atoms with E-state index in [0.29, 0.717) is 24.0 Å². The van der Waals surface area contributed by atoms with Crippen LogP contribution in [0.4, 0.5) is 0 Å². The van der Waals surface area contributed by atoms with E-state index in [1.165, 1.54) is 17.3 Å². The highest BCUT2D eigenvalue weighted by molar-refractivity contribution is 8.18. The number of benzene rings is 2. The van der Waals surface area contributed by atoms with Crippen LogP contribution in [0.15, 0.2) is 58.4 Å². The Bertz CT molecular complexity index is 907. The molecule has 6 heteroatoms. The highest BCUT2D eigenvalue weighted by Gasteiger charge is 2.19. The lowest BCUT2D eigenvalue weighted by Gasteiger charge is -2.11. The van der Waals surface area contributed by atoms with Crippen LogP contribution in [0.1, 0.15) is 43.7 Å². The van der Waals surface area contributed by atoms with Crippen LogP contribution in [0.5, 0.6) is 11.5 Å². The Labute approximate surface area is 176 Å². The number of amidine groups is 1. The number of thioether (sulfide) groups is 1. The zero-order chi connectivity index (χ0) is 20.6. The smallest absolute Gasteiger partial charge is 0.286 e. The normalized spacial score (nSPS) is 16.0. The number of hydrogen-bond acceptors (Lipinski definition) is 5. The molecule has 1 aliphatic heterocycles. The molecule has 0 saturated carbocycles. The Morgan fingerprint density at radius 2 is 1.83 bits per heavy atom. The van der Waals surface area contributed by atoms with Gasteiger partial charge in [0.1, 0.15) is 11.5 Å². The van der Waals surface area contributed by atoms with Crippen molar-refractivity contribution in [2.45, 2.75) is 32.6 Å². The van der Waals surface area contributed by atoms with Crippen molar-refractivity contribution >= 4 is 28.9 Å². The summed E-state index contributed by atoms with van der Waals surface area (Å²) in [4.78, 5) is 15.9. The summed E-state index contributed by atoms with van der Waals surface area (Å²) in [6.07, 6.45) is 3.68. The number of rotatable bonds is 9. The molecule has 3 rings (SSSR count). The molecule has 0 saturated heterocycles. The topological polar surface area (TPSA) is 73.9 Å². The number of carbonyl (C=O) groups excluding carboxylic acids is 1. The lowest BCUT2D eigenvalue weighted by molar-refractivity contribution is -0.113. The third kappa shape index (κ3) is 6.12. The predicted molar refractivity (Wildman–Crippen MR) is 119 cm³/mol. The first kappa shape index (κ1) is 21.0. The maximum atomic E-state index is 11.7. The number of nitrogens with two attached hydrogens (primary N) is 1. The van der Waals surface area contributed by atoms with Gasteiger partial charge in [-0.3, -0.25) is 4.79 Å². The summed E-state index contributed by atoms with van der Waals surface area (Å²) in [7, 11) is 0. The molecule has 0 spiro atoms. The van der Waals surface area contributed by atoms with E-state index in [1.54, 1.807) is 6.08 Å². The van der Waals surface area contributed by atoms with Crippen LogP contribution in [0, 0.1) is 0 Å². The van der Waals surface area contributed by atoms with Gasteiger partial charge in [-0.1, -0.05) is 38.1 Å². The van der Waals surface area contributed by atoms with Gasteiger partial charge in [0, 0.05) is 6.42 Å². The second-order valence-corrected chi connectivity index (χ2v) is 7.93.